The molecule has 0 radical (unpaired) electrons. The molecule has 164 valence electrons. The number of nitrogens with one attached hydrogen (secondary N) is 1. The molecule has 0 spiro atoms. The number of allylic oxidation sites excluding steroid dienone is 1. The highest BCUT2D eigenvalue weighted by molar-refractivity contribution is 7.99. The maximum absolute atomic E-state index is 11.9. The van der Waals surface area contributed by atoms with Crippen LogP contribution in [0.4, 0.5) is 16.4 Å². The fraction of sp³-hybridized carbons (Fsp3) is 0.0588. The van der Waals surface area contributed by atoms with Crippen LogP contribution in [0.5, 0.6) is 0 Å². The van der Waals surface area contributed by atoms with Gasteiger partial charge in [-0.05, 0) is 24.3 Å². The summed E-state index contributed by atoms with van der Waals surface area (Å²) in [5.74, 6) is -0.987. The van der Waals surface area contributed by atoms with Gasteiger partial charge in [-0.15, -0.1) is 0 Å². The van der Waals surface area contributed by atoms with Crippen LogP contribution in [0.25, 0.3) is 17.1 Å². The van der Waals surface area contributed by atoms with E-state index in [2.05, 4.69) is 15.5 Å². The second kappa shape index (κ2) is 9.52. The first-order valence-corrected chi connectivity index (χ1v) is 9.50. The van der Waals surface area contributed by atoms with Crippen LogP contribution >= 0.6 is 11.8 Å². The lowest BCUT2D eigenvalue weighted by atomic mass is 10.3. The number of carbonyl (C=O) groups is 2. The Hall–Kier alpha value is -4.53. The van der Waals surface area contributed by atoms with Crippen LogP contribution in [-0.4, -0.2) is 48.5 Å². The Morgan fingerprint density at radius 3 is 2.69 bits per heavy atom. The van der Waals surface area contributed by atoms with E-state index in [1.54, 1.807) is 0 Å². The number of rotatable bonds is 8. The number of hydrogen-bond donors (Lipinski definition) is 2. The molecule has 3 aromatic rings. The number of aromatic nitrogens is 2. The summed E-state index contributed by atoms with van der Waals surface area (Å²) in [5, 5.41) is 34.5. The summed E-state index contributed by atoms with van der Waals surface area (Å²) in [7, 11) is 0. The zero-order valence-electron chi connectivity index (χ0n) is 15.8. The third-order valence-electron chi connectivity index (χ3n) is 3.74. The van der Waals surface area contributed by atoms with Crippen molar-refractivity contribution in [1.82, 2.24) is 15.0 Å². The Labute approximate surface area is 181 Å². The summed E-state index contributed by atoms with van der Waals surface area (Å²) < 4.78 is 5.73. The van der Waals surface area contributed by atoms with Crippen LogP contribution in [-0.2, 0) is 4.79 Å². The molecule has 0 unspecified atom stereocenters. The lowest BCUT2D eigenvalue weighted by Gasteiger charge is -2.02. The van der Waals surface area contributed by atoms with E-state index >= 15 is 0 Å². The number of hydrogen-bond acceptors (Lipinski definition) is 10. The van der Waals surface area contributed by atoms with E-state index < -0.39 is 27.7 Å². The highest BCUT2D eigenvalue weighted by atomic mass is 32.2. The summed E-state index contributed by atoms with van der Waals surface area (Å²) >= 11 is 0.808. The number of nitro benzene ring substituents is 1. The number of fused-ring (bicyclic) bond motifs is 1. The number of thioether (sulfide) groups is 1. The lowest BCUT2D eigenvalue weighted by molar-refractivity contribution is -0.402. The van der Waals surface area contributed by atoms with Crippen molar-refractivity contribution in [2.24, 2.45) is 5.10 Å². The van der Waals surface area contributed by atoms with E-state index in [4.69, 9.17) is 4.42 Å². The van der Waals surface area contributed by atoms with E-state index in [1.165, 1.54) is 36.6 Å². The van der Waals surface area contributed by atoms with Gasteiger partial charge in [0.15, 0.2) is 5.16 Å². The molecule has 0 fully saturated rings. The van der Waals surface area contributed by atoms with Gasteiger partial charge in [0.05, 0.1) is 27.8 Å². The van der Waals surface area contributed by atoms with E-state index in [9.17, 15) is 34.9 Å². The predicted octanol–water partition coefficient (Wildman–Crippen LogP) is 2.88. The smallest absolute Gasteiger partial charge is 0.433 e. The first-order chi connectivity index (χ1) is 15.3. The molecule has 0 bridgehead atoms. The number of furan rings is 1. The Bertz CT molecular complexity index is 1280. The molecule has 1 amide bonds. The zero-order chi connectivity index (χ0) is 23.3. The van der Waals surface area contributed by atoms with Gasteiger partial charge in [-0.3, -0.25) is 25.0 Å². The third kappa shape index (κ3) is 5.14. The summed E-state index contributed by atoms with van der Waals surface area (Å²) in [5.41, 5.74) is 2.22. The molecule has 0 saturated carbocycles. The molecule has 2 aromatic heterocycles. The maximum atomic E-state index is 11.9. The SMILES string of the molecule is O=C(CSc1nc2cc([N+](=O)[O-])ccc2n1C(=O)O)NN=CC=Cc1ccc([N+](=O)[O-])o1. The molecule has 0 aliphatic rings. The number of amides is 1. The summed E-state index contributed by atoms with van der Waals surface area (Å²) in [6.07, 6.45) is 2.63. The van der Waals surface area contributed by atoms with Crippen molar-refractivity contribution in [1.29, 1.82) is 0 Å². The highest BCUT2D eigenvalue weighted by Gasteiger charge is 2.19. The summed E-state index contributed by atoms with van der Waals surface area (Å²) in [4.78, 5) is 47.7. The van der Waals surface area contributed by atoms with Crippen LogP contribution < -0.4 is 5.43 Å². The number of nitro groups is 2. The van der Waals surface area contributed by atoms with Gasteiger partial charge in [0.1, 0.15) is 10.7 Å². The third-order valence-corrected chi connectivity index (χ3v) is 4.68. The van der Waals surface area contributed by atoms with Crippen molar-refractivity contribution in [3.05, 3.63) is 62.4 Å². The first-order valence-electron chi connectivity index (χ1n) is 8.52. The van der Waals surface area contributed by atoms with Crippen molar-refractivity contribution in [2.75, 3.05) is 5.75 Å². The Kier molecular flexibility index (Phi) is 6.59. The maximum Gasteiger partial charge on any atom is 0.433 e. The van der Waals surface area contributed by atoms with Gasteiger partial charge in [-0.2, -0.15) is 5.10 Å². The molecule has 15 heteroatoms. The number of carbonyl (C=O) groups excluding carboxylic acids is 1. The summed E-state index contributed by atoms with van der Waals surface area (Å²) in [6, 6.07) is 6.15. The van der Waals surface area contributed by atoms with Gasteiger partial charge in [0.2, 0.25) is 0 Å². The Morgan fingerprint density at radius 2 is 2.03 bits per heavy atom. The van der Waals surface area contributed by atoms with Crippen LogP contribution in [0.15, 0.2) is 51.1 Å². The molecular formula is C17H12N6O8S. The van der Waals surface area contributed by atoms with E-state index in [1.807, 2.05) is 0 Å². The standard InChI is InChI=1S/C17H12N6O8S/c24-14(20-18-7-1-2-11-4-6-15(31-11)23(29)30)9-32-16-19-12-8-10(22(27)28)3-5-13(12)21(16)17(25)26/h1-8H,9H2,(H,20,24)(H,25,26). The number of non-ortho nitro benzene ring substituents is 1. The molecule has 3 rings (SSSR count). The fourth-order valence-corrected chi connectivity index (χ4v) is 3.22. The van der Waals surface area contributed by atoms with Crippen LogP contribution in [0.2, 0.25) is 0 Å². The normalized spacial score (nSPS) is 11.4. The minimum absolute atomic E-state index is 0.0357. The summed E-state index contributed by atoms with van der Waals surface area (Å²) in [6.45, 7) is 0. The Balaban J connectivity index is 1.60. The minimum Gasteiger partial charge on any atom is -0.464 e. The van der Waals surface area contributed by atoms with Gasteiger partial charge >= 0.3 is 12.0 Å². The average Bonchev–Trinajstić information content (AvgIpc) is 3.35. The number of benzene rings is 1. The van der Waals surface area contributed by atoms with Gasteiger partial charge in [0, 0.05) is 18.3 Å². The minimum atomic E-state index is -1.36. The first kappa shape index (κ1) is 22.2. The van der Waals surface area contributed by atoms with Gasteiger partial charge in [0.25, 0.3) is 11.6 Å². The molecule has 14 nitrogen and oxygen atoms in total. The Morgan fingerprint density at radius 1 is 1.25 bits per heavy atom. The van der Waals surface area contributed by atoms with Gasteiger partial charge < -0.3 is 9.52 Å². The van der Waals surface area contributed by atoms with Crippen molar-refractivity contribution in [3.63, 3.8) is 0 Å². The monoisotopic (exact) mass is 460 g/mol. The van der Waals surface area contributed by atoms with Crippen molar-refractivity contribution in [3.8, 4) is 0 Å². The topological polar surface area (TPSA) is 196 Å². The highest BCUT2D eigenvalue weighted by Crippen LogP contribution is 2.26. The molecule has 0 aliphatic heterocycles. The van der Waals surface area contributed by atoms with Gasteiger partial charge in [-0.25, -0.2) is 19.8 Å². The van der Waals surface area contributed by atoms with E-state index in [0.717, 1.165) is 28.5 Å². The lowest BCUT2D eigenvalue weighted by Crippen LogP contribution is -2.20. The second-order valence-corrected chi connectivity index (χ2v) is 6.78. The molecule has 2 heterocycles. The number of hydrazone groups is 1. The number of carboxylic acid groups (broad SMARTS) is 1. The molecule has 2 N–H and O–H groups in total. The van der Waals surface area contributed by atoms with Crippen molar-refractivity contribution >= 4 is 58.7 Å². The van der Waals surface area contributed by atoms with E-state index in [-0.39, 0.29) is 33.4 Å². The fourth-order valence-electron chi connectivity index (χ4n) is 2.42. The molecule has 32 heavy (non-hydrogen) atoms. The molecule has 1 aromatic carbocycles. The molecular weight excluding hydrogens is 448 g/mol. The second-order valence-electron chi connectivity index (χ2n) is 5.84. The van der Waals surface area contributed by atoms with Crippen molar-refractivity contribution in [2.45, 2.75) is 5.16 Å². The van der Waals surface area contributed by atoms with Gasteiger partial charge in [-0.1, -0.05) is 11.8 Å². The molecule has 0 saturated heterocycles. The largest absolute Gasteiger partial charge is 0.464 e. The van der Waals surface area contributed by atoms with E-state index in [0.29, 0.717) is 0 Å². The predicted molar refractivity (Wildman–Crippen MR) is 112 cm³/mol. The zero-order valence-corrected chi connectivity index (χ0v) is 16.6. The number of imidazole rings is 1. The quantitative estimate of drug-likeness (QED) is 0.218. The van der Waals surface area contributed by atoms with Crippen molar-refractivity contribution < 1.29 is 29.0 Å². The average molecular weight is 460 g/mol. The van der Waals surface area contributed by atoms with Crippen LogP contribution in [0, 0.1) is 20.2 Å². The van der Waals surface area contributed by atoms with Crippen LogP contribution in [0.1, 0.15) is 5.76 Å². The van der Waals surface area contributed by atoms with Crippen LogP contribution in [0.3, 0.4) is 0 Å². The number of nitrogens with zero attached hydrogens (tertiary/aromatic N) is 5. The molecule has 0 aliphatic carbocycles. The molecule has 0 atom stereocenters.